The maximum Gasteiger partial charge on any atom is 0.109 e. The number of aryl methyl sites for hydroxylation is 3. The predicted octanol–water partition coefficient (Wildman–Crippen LogP) is 4.17. The average molecular weight is 320 g/mol. The van der Waals surface area contributed by atoms with Crippen LogP contribution >= 0.6 is 0 Å². The van der Waals surface area contributed by atoms with Crippen LogP contribution in [0.1, 0.15) is 35.4 Å². The first-order chi connectivity index (χ1) is 11.7. The molecule has 1 heterocycles. The molecule has 0 bridgehead atoms. The normalized spacial score (nSPS) is 11.6. The minimum absolute atomic E-state index is 0.662. The lowest BCUT2D eigenvalue weighted by molar-refractivity contribution is 0.0144. The van der Waals surface area contributed by atoms with Gasteiger partial charge >= 0.3 is 0 Å². The summed E-state index contributed by atoms with van der Waals surface area (Å²) in [6, 6.07) is 20.6. The first kappa shape index (κ1) is 16.5. The molecule has 0 atom stereocenters. The highest BCUT2D eigenvalue weighted by Crippen LogP contribution is 2.32. The Hall–Kier alpha value is -2.39. The second-order valence-corrected chi connectivity index (χ2v) is 6.38. The van der Waals surface area contributed by atoms with Crippen molar-refractivity contribution in [2.45, 2.75) is 38.2 Å². The van der Waals surface area contributed by atoms with Crippen molar-refractivity contribution < 1.29 is 5.11 Å². The second kappa shape index (κ2) is 7.45. The molecule has 0 spiro atoms. The maximum absolute atomic E-state index is 11.4. The number of aromatic amines is 1. The van der Waals surface area contributed by atoms with E-state index in [1.54, 1.807) is 6.33 Å². The van der Waals surface area contributed by atoms with E-state index in [1.165, 1.54) is 11.1 Å². The van der Waals surface area contributed by atoms with Crippen molar-refractivity contribution in [2.24, 2.45) is 0 Å². The summed E-state index contributed by atoms with van der Waals surface area (Å²) in [7, 11) is 0. The Bertz CT molecular complexity index is 706. The molecule has 0 radical (unpaired) electrons. The van der Waals surface area contributed by atoms with Crippen molar-refractivity contribution in [3.05, 3.63) is 89.5 Å². The molecule has 3 rings (SSSR count). The molecule has 0 aliphatic carbocycles. The van der Waals surface area contributed by atoms with E-state index in [0.29, 0.717) is 12.8 Å². The van der Waals surface area contributed by atoms with E-state index in [4.69, 9.17) is 0 Å². The Kier molecular flexibility index (Phi) is 5.11. The average Bonchev–Trinajstić information content (AvgIpc) is 3.07. The highest BCUT2D eigenvalue weighted by Gasteiger charge is 2.32. The van der Waals surface area contributed by atoms with Gasteiger partial charge in [-0.2, -0.15) is 0 Å². The molecule has 0 fully saturated rings. The highest BCUT2D eigenvalue weighted by atomic mass is 16.3. The van der Waals surface area contributed by atoms with Gasteiger partial charge in [-0.05, 0) is 43.7 Å². The van der Waals surface area contributed by atoms with Gasteiger partial charge in [0.25, 0.3) is 0 Å². The number of benzene rings is 2. The summed E-state index contributed by atoms with van der Waals surface area (Å²) in [5, 5.41) is 11.4. The molecule has 0 aliphatic heterocycles. The Morgan fingerprint density at radius 3 is 1.79 bits per heavy atom. The van der Waals surface area contributed by atoms with Crippen LogP contribution in [0.25, 0.3) is 0 Å². The first-order valence-corrected chi connectivity index (χ1v) is 8.48. The van der Waals surface area contributed by atoms with Gasteiger partial charge in [0, 0.05) is 5.69 Å². The zero-order valence-corrected chi connectivity index (χ0v) is 14.1. The number of H-pyrrole nitrogens is 1. The fraction of sp³-hybridized carbons (Fsp3) is 0.286. The molecule has 0 saturated heterocycles. The summed E-state index contributed by atoms with van der Waals surface area (Å²) in [6.07, 6.45) is 4.66. The molecule has 3 heteroatoms. The van der Waals surface area contributed by atoms with Crippen LogP contribution in [0.4, 0.5) is 0 Å². The number of nitrogens with zero attached hydrogens (tertiary/aromatic N) is 1. The molecule has 0 unspecified atom stereocenters. The lowest BCUT2D eigenvalue weighted by atomic mass is 9.85. The van der Waals surface area contributed by atoms with Crippen LogP contribution in [0.2, 0.25) is 0 Å². The highest BCUT2D eigenvalue weighted by molar-refractivity contribution is 5.22. The van der Waals surface area contributed by atoms with Crippen LogP contribution in [0, 0.1) is 6.92 Å². The van der Waals surface area contributed by atoms with Crippen LogP contribution < -0.4 is 0 Å². The molecule has 124 valence electrons. The number of aromatic nitrogens is 2. The van der Waals surface area contributed by atoms with Gasteiger partial charge in [0.15, 0.2) is 0 Å². The van der Waals surface area contributed by atoms with Crippen molar-refractivity contribution in [1.82, 2.24) is 9.97 Å². The van der Waals surface area contributed by atoms with Crippen molar-refractivity contribution in [3.63, 3.8) is 0 Å². The number of aliphatic hydroxyl groups is 1. The lowest BCUT2D eigenvalue weighted by Gasteiger charge is -2.27. The van der Waals surface area contributed by atoms with Crippen LogP contribution in [-0.4, -0.2) is 15.1 Å². The summed E-state index contributed by atoms with van der Waals surface area (Å²) < 4.78 is 0. The topological polar surface area (TPSA) is 48.9 Å². The molecular weight excluding hydrogens is 296 g/mol. The fourth-order valence-corrected chi connectivity index (χ4v) is 3.18. The van der Waals surface area contributed by atoms with E-state index in [9.17, 15) is 5.11 Å². The van der Waals surface area contributed by atoms with Gasteiger partial charge in [-0.15, -0.1) is 0 Å². The molecule has 0 aliphatic rings. The zero-order chi connectivity index (χ0) is 16.8. The third-order valence-electron chi connectivity index (χ3n) is 4.61. The summed E-state index contributed by atoms with van der Waals surface area (Å²) in [5.74, 6) is 0. The number of imidazole rings is 1. The third kappa shape index (κ3) is 3.92. The van der Waals surface area contributed by atoms with Gasteiger partial charge < -0.3 is 10.1 Å². The minimum Gasteiger partial charge on any atom is -0.383 e. The molecule has 1 aromatic heterocycles. The van der Waals surface area contributed by atoms with Crippen LogP contribution in [0.5, 0.6) is 0 Å². The van der Waals surface area contributed by atoms with E-state index >= 15 is 0 Å². The molecule has 0 amide bonds. The number of hydrogen-bond acceptors (Lipinski definition) is 2. The van der Waals surface area contributed by atoms with Gasteiger partial charge in [-0.25, -0.2) is 4.98 Å². The van der Waals surface area contributed by atoms with Gasteiger partial charge in [0.2, 0.25) is 0 Å². The van der Waals surface area contributed by atoms with Gasteiger partial charge in [-0.1, -0.05) is 60.7 Å². The quantitative estimate of drug-likeness (QED) is 0.686. The third-order valence-corrected chi connectivity index (χ3v) is 4.61. The standard InChI is InChI=1S/C21H24N2O/c1-17-20(23-16-22-17)21(24,14-12-18-8-4-2-5-9-18)15-13-19-10-6-3-7-11-19/h2-11,16,24H,12-15H2,1H3,(H,22,23). The number of nitrogens with one attached hydrogen (secondary N) is 1. The van der Waals surface area contributed by atoms with Crippen LogP contribution in [0.3, 0.4) is 0 Å². The Morgan fingerprint density at radius 1 is 0.875 bits per heavy atom. The van der Waals surface area contributed by atoms with Gasteiger partial charge in [0.05, 0.1) is 12.0 Å². The summed E-state index contributed by atoms with van der Waals surface area (Å²) in [5.41, 5.74) is 3.27. The molecule has 2 N–H and O–H groups in total. The van der Waals surface area contributed by atoms with E-state index in [-0.39, 0.29) is 0 Å². The largest absolute Gasteiger partial charge is 0.383 e. The van der Waals surface area contributed by atoms with Crippen molar-refractivity contribution in [3.8, 4) is 0 Å². The Balaban J connectivity index is 1.77. The Morgan fingerprint density at radius 2 is 1.38 bits per heavy atom. The smallest absolute Gasteiger partial charge is 0.109 e. The zero-order valence-electron chi connectivity index (χ0n) is 14.1. The van der Waals surface area contributed by atoms with E-state index in [0.717, 1.165) is 24.2 Å². The first-order valence-electron chi connectivity index (χ1n) is 8.48. The molecule has 0 saturated carbocycles. The second-order valence-electron chi connectivity index (χ2n) is 6.38. The molecule has 3 aromatic rings. The Labute approximate surface area is 143 Å². The lowest BCUT2D eigenvalue weighted by Crippen LogP contribution is -2.29. The maximum atomic E-state index is 11.4. The SMILES string of the molecule is Cc1[nH]cnc1C(O)(CCc1ccccc1)CCc1ccccc1. The van der Waals surface area contributed by atoms with Gasteiger partial charge in [0.1, 0.15) is 5.60 Å². The number of hydrogen-bond donors (Lipinski definition) is 2. The van der Waals surface area contributed by atoms with Crippen molar-refractivity contribution >= 4 is 0 Å². The van der Waals surface area contributed by atoms with Crippen molar-refractivity contribution in [2.75, 3.05) is 0 Å². The van der Waals surface area contributed by atoms with Crippen LogP contribution in [0.15, 0.2) is 67.0 Å². The molecule has 3 nitrogen and oxygen atoms in total. The monoisotopic (exact) mass is 320 g/mol. The molecule has 24 heavy (non-hydrogen) atoms. The fourth-order valence-electron chi connectivity index (χ4n) is 3.18. The number of rotatable bonds is 7. The van der Waals surface area contributed by atoms with Crippen LogP contribution in [-0.2, 0) is 18.4 Å². The summed E-state index contributed by atoms with van der Waals surface area (Å²) in [4.78, 5) is 7.51. The van der Waals surface area contributed by atoms with E-state index < -0.39 is 5.60 Å². The summed E-state index contributed by atoms with van der Waals surface area (Å²) >= 11 is 0. The summed E-state index contributed by atoms with van der Waals surface area (Å²) in [6.45, 7) is 1.97. The van der Waals surface area contributed by atoms with E-state index in [1.807, 2.05) is 43.3 Å². The predicted molar refractivity (Wildman–Crippen MR) is 96.7 cm³/mol. The van der Waals surface area contributed by atoms with Crippen molar-refractivity contribution in [1.29, 1.82) is 0 Å². The van der Waals surface area contributed by atoms with E-state index in [2.05, 4.69) is 34.2 Å². The minimum atomic E-state index is -0.921. The molecular formula is C21H24N2O. The molecule has 2 aromatic carbocycles. The van der Waals surface area contributed by atoms with Gasteiger partial charge in [-0.3, -0.25) is 0 Å².